The maximum atomic E-state index is 12.4. The number of hydrogen-bond donors (Lipinski definition) is 4. The Hall–Kier alpha value is -3.82. The highest BCUT2D eigenvalue weighted by atomic mass is 16.2. The van der Waals surface area contributed by atoms with E-state index in [0.717, 1.165) is 0 Å². The molecule has 10 nitrogen and oxygen atoms in total. The van der Waals surface area contributed by atoms with Gasteiger partial charge in [0.1, 0.15) is 11.1 Å². The van der Waals surface area contributed by atoms with Gasteiger partial charge >= 0.3 is 0 Å². The van der Waals surface area contributed by atoms with Crippen LogP contribution in [0.5, 0.6) is 0 Å². The number of nitrogens with one attached hydrogen (secondary N) is 4. The number of carbonyl (C=O) groups is 4. The SMILES string of the molecule is CC(C)NC(=O)C[n+]1cccc(C(=O)NNC(=O)c2ccc[n+](CC(=O)NC(C)C)c2)c1. The van der Waals surface area contributed by atoms with Crippen LogP contribution in [0.25, 0.3) is 0 Å². The number of carbonyl (C=O) groups excluding carboxylic acids is 4. The van der Waals surface area contributed by atoms with Crippen molar-refractivity contribution in [2.24, 2.45) is 0 Å². The normalized spacial score (nSPS) is 10.6. The molecule has 0 aliphatic rings. The molecule has 4 N–H and O–H groups in total. The Bertz CT molecular complexity index is 910. The number of pyridine rings is 2. The van der Waals surface area contributed by atoms with Crippen LogP contribution in [0.1, 0.15) is 48.4 Å². The molecule has 2 aromatic rings. The molecule has 0 radical (unpaired) electrons. The molecule has 170 valence electrons. The maximum Gasteiger partial charge on any atom is 0.286 e. The second kappa shape index (κ2) is 11.5. The van der Waals surface area contributed by atoms with Crippen molar-refractivity contribution in [3.63, 3.8) is 0 Å². The van der Waals surface area contributed by atoms with E-state index < -0.39 is 11.8 Å². The fraction of sp³-hybridized carbons (Fsp3) is 0.364. The monoisotopic (exact) mass is 442 g/mol. The topological polar surface area (TPSA) is 124 Å². The average Bonchev–Trinajstić information content (AvgIpc) is 2.70. The number of hydrazine groups is 1. The fourth-order valence-corrected chi connectivity index (χ4v) is 2.83. The zero-order chi connectivity index (χ0) is 23.7. The van der Waals surface area contributed by atoms with Gasteiger partial charge in [-0.3, -0.25) is 30.0 Å². The lowest BCUT2D eigenvalue weighted by molar-refractivity contribution is -0.684. The lowest BCUT2D eigenvalue weighted by atomic mass is 10.2. The molecule has 2 heterocycles. The first-order valence-corrected chi connectivity index (χ1v) is 10.3. The van der Waals surface area contributed by atoms with Crippen molar-refractivity contribution in [1.82, 2.24) is 21.5 Å². The molecule has 0 aliphatic carbocycles. The summed E-state index contributed by atoms with van der Waals surface area (Å²) in [5, 5.41) is 5.56. The van der Waals surface area contributed by atoms with E-state index in [4.69, 9.17) is 0 Å². The molecule has 2 aromatic heterocycles. The van der Waals surface area contributed by atoms with Gasteiger partial charge in [-0.2, -0.15) is 9.13 Å². The molecule has 0 spiro atoms. The van der Waals surface area contributed by atoms with E-state index in [2.05, 4.69) is 21.5 Å². The second-order valence-corrected chi connectivity index (χ2v) is 7.88. The minimum Gasteiger partial charge on any atom is -0.348 e. The maximum absolute atomic E-state index is 12.4. The van der Waals surface area contributed by atoms with Gasteiger partial charge in [-0.05, 0) is 39.8 Å². The van der Waals surface area contributed by atoms with Crippen molar-refractivity contribution in [2.75, 3.05) is 0 Å². The Morgan fingerprint density at radius 3 is 1.44 bits per heavy atom. The summed E-state index contributed by atoms with van der Waals surface area (Å²) in [6.07, 6.45) is 6.39. The Kier molecular flexibility index (Phi) is 8.82. The Balaban J connectivity index is 1.95. The molecule has 4 amide bonds. The van der Waals surface area contributed by atoms with Crippen LogP contribution in [0.3, 0.4) is 0 Å². The van der Waals surface area contributed by atoms with Gasteiger partial charge in [-0.15, -0.1) is 0 Å². The molecule has 2 rings (SSSR count). The van der Waals surface area contributed by atoms with Crippen molar-refractivity contribution in [3.05, 3.63) is 60.2 Å². The summed E-state index contributed by atoms with van der Waals surface area (Å²) < 4.78 is 3.16. The first kappa shape index (κ1) is 24.4. The predicted molar refractivity (Wildman–Crippen MR) is 115 cm³/mol. The van der Waals surface area contributed by atoms with Gasteiger partial charge in [0.05, 0.1) is 0 Å². The van der Waals surface area contributed by atoms with Crippen LogP contribution in [0.2, 0.25) is 0 Å². The Morgan fingerprint density at radius 2 is 1.09 bits per heavy atom. The molecular weight excluding hydrogens is 412 g/mol. The molecular formula is C22H30N6O4+2. The van der Waals surface area contributed by atoms with Gasteiger partial charge < -0.3 is 10.6 Å². The van der Waals surface area contributed by atoms with E-state index in [9.17, 15) is 19.2 Å². The van der Waals surface area contributed by atoms with Crippen LogP contribution in [0.4, 0.5) is 0 Å². The third kappa shape index (κ3) is 8.13. The minimum atomic E-state index is -0.530. The number of hydrogen-bond acceptors (Lipinski definition) is 4. The summed E-state index contributed by atoms with van der Waals surface area (Å²) in [6.45, 7) is 7.60. The lowest BCUT2D eigenvalue weighted by Crippen LogP contribution is -2.47. The van der Waals surface area contributed by atoms with E-state index >= 15 is 0 Å². The van der Waals surface area contributed by atoms with Gasteiger partial charge in [0, 0.05) is 24.2 Å². The van der Waals surface area contributed by atoms with E-state index in [0.29, 0.717) is 0 Å². The molecule has 0 fully saturated rings. The van der Waals surface area contributed by atoms with Gasteiger partial charge in [0.15, 0.2) is 24.8 Å². The number of aromatic nitrogens is 2. The highest BCUT2D eigenvalue weighted by Crippen LogP contribution is 1.96. The van der Waals surface area contributed by atoms with E-state index in [1.54, 1.807) is 45.8 Å². The molecule has 0 aliphatic heterocycles. The van der Waals surface area contributed by atoms with E-state index in [1.807, 2.05) is 27.7 Å². The van der Waals surface area contributed by atoms with Crippen LogP contribution >= 0.6 is 0 Å². The molecule has 32 heavy (non-hydrogen) atoms. The van der Waals surface area contributed by atoms with Crippen LogP contribution in [-0.4, -0.2) is 35.7 Å². The van der Waals surface area contributed by atoms with Gasteiger partial charge in [-0.25, -0.2) is 0 Å². The van der Waals surface area contributed by atoms with E-state index in [1.165, 1.54) is 12.4 Å². The molecule has 0 saturated carbocycles. The molecule has 0 aromatic carbocycles. The number of rotatable bonds is 8. The summed E-state index contributed by atoms with van der Waals surface area (Å²) in [5.74, 6) is -1.40. The standard InChI is InChI=1S/C22H28N6O4/c1-15(2)23-19(29)13-27-9-5-7-17(11-27)21(31)25-26-22(32)18-8-6-10-28(12-18)14-20(30)24-16(3)4/h5-12,15-16H,13-14H2,1-4H3,(H2-2,23,24,25,26,29,30,31,32)/p+2. The molecule has 0 bridgehead atoms. The first-order chi connectivity index (χ1) is 15.1. The van der Waals surface area contributed by atoms with Gasteiger partial charge in [0.2, 0.25) is 13.1 Å². The fourth-order valence-electron chi connectivity index (χ4n) is 2.83. The zero-order valence-corrected chi connectivity index (χ0v) is 18.7. The third-order valence-corrected chi connectivity index (χ3v) is 4.08. The lowest BCUT2D eigenvalue weighted by Gasteiger charge is -2.08. The molecule has 10 heteroatoms. The summed E-state index contributed by atoms with van der Waals surface area (Å²) in [6, 6.07) is 6.46. The van der Waals surface area contributed by atoms with Crippen LogP contribution < -0.4 is 30.6 Å². The highest BCUT2D eigenvalue weighted by Gasteiger charge is 2.17. The predicted octanol–water partition coefficient (Wildman–Crippen LogP) is -0.614. The zero-order valence-electron chi connectivity index (χ0n) is 18.7. The molecule has 0 saturated heterocycles. The van der Waals surface area contributed by atoms with Crippen molar-refractivity contribution in [2.45, 2.75) is 52.9 Å². The van der Waals surface area contributed by atoms with Crippen molar-refractivity contribution < 1.29 is 28.3 Å². The Morgan fingerprint density at radius 1 is 0.719 bits per heavy atom. The first-order valence-electron chi connectivity index (χ1n) is 10.3. The van der Waals surface area contributed by atoms with Crippen molar-refractivity contribution >= 4 is 23.6 Å². The van der Waals surface area contributed by atoms with Gasteiger partial charge in [-0.1, -0.05) is 0 Å². The largest absolute Gasteiger partial charge is 0.348 e. The summed E-state index contributed by atoms with van der Waals surface area (Å²) in [5.41, 5.74) is 5.26. The minimum absolute atomic E-state index is 0.0195. The Labute approximate surface area is 187 Å². The summed E-state index contributed by atoms with van der Waals surface area (Å²) >= 11 is 0. The average molecular weight is 443 g/mol. The molecule has 0 atom stereocenters. The summed E-state index contributed by atoms with van der Waals surface area (Å²) in [7, 11) is 0. The quantitative estimate of drug-likeness (QED) is 0.321. The second-order valence-electron chi connectivity index (χ2n) is 7.88. The van der Waals surface area contributed by atoms with E-state index in [-0.39, 0.29) is 48.1 Å². The highest BCUT2D eigenvalue weighted by molar-refractivity contribution is 5.98. The molecule has 0 unspecified atom stereocenters. The van der Waals surface area contributed by atoms with Crippen molar-refractivity contribution in [3.8, 4) is 0 Å². The number of amides is 4. The third-order valence-electron chi connectivity index (χ3n) is 4.08. The smallest absolute Gasteiger partial charge is 0.286 e. The van der Waals surface area contributed by atoms with Crippen molar-refractivity contribution in [1.29, 1.82) is 0 Å². The van der Waals surface area contributed by atoms with Gasteiger partial charge in [0.25, 0.3) is 23.6 Å². The summed E-state index contributed by atoms with van der Waals surface area (Å²) in [4.78, 5) is 48.6. The van der Waals surface area contributed by atoms with Crippen LogP contribution in [-0.2, 0) is 22.7 Å². The van der Waals surface area contributed by atoms with Crippen LogP contribution in [0.15, 0.2) is 49.1 Å². The number of nitrogens with zero attached hydrogens (tertiary/aromatic N) is 2. The van der Waals surface area contributed by atoms with Crippen LogP contribution in [0, 0.1) is 0 Å².